The van der Waals surface area contributed by atoms with E-state index in [1.807, 2.05) is 0 Å². The number of carboxylic acids is 1. The first-order chi connectivity index (χ1) is 9.34. The van der Waals surface area contributed by atoms with Crippen LogP contribution in [0.5, 0.6) is 0 Å². The van der Waals surface area contributed by atoms with Crippen LogP contribution in [-0.2, 0) is 9.53 Å². The van der Waals surface area contributed by atoms with Crippen molar-refractivity contribution in [2.75, 3.05) is 13.2 Å². The summed E-state index contributed by atoms with van der Waals surface area (Å²) in [5.41, 5.74) is -0.710. The van der Waals surface area contributed by atoms with Gasteiger partial charge in [-0.15, -0.1) is 0 Å². The van der Waals surface area contributed by atoms with E-state index in [0.717, 1.165) is 3.57 Å². The van der Waals surface area contributed by atoms with Gasteiger partial charge in [0.2, 0.25) is 0 Å². The van der Waals surface area contributed by atoms with Crippen molar-refractivity contribution >= 4 is 46.1 Å². The lowest BCUT2D eigenvalue weighted by Gasteiger charge is -2.25. The van der Waals surface area contributed by atoms with Gasteiger partial charge in [-0.05, 0) is 47.7 Å². The van der Waals surface area contributed by atoms with Crippen LogP contribution in [0.15, 0.2) is 18.2 Å². The van der Waals surface area contributed by atoms with Crippen molar-refractivity contribution in [3.05, 3.63) is 32.4 Å². The summed E-state index contributed by atoms with van der Waals surface area (Å²) in [7, 11) is 0. The third kappa shape index (κ3) is 2.91. The lowest BCUT2D eigenvalue weighted by atomic mass is 9.85. The Hall–Kier alpha value is -0.860. The number of halogens is 2. The van der Waals surface area contributed by atoms with E-state index in [2.05, 4.69) is 27.9 Å². The molecule has 5 nitrogen and oxygen atoms in total. The van der Waals surface area contributed by atoms with Crippen molar-refractivity contribution in [3.63, 3.8) is 0 Å². The standard InChI is InChI=1S/C13H13ClINO4/c1-13(12(18)19)6-20-5-10(13)16-11(17)7-2-3-9(15)8(14)4-7/h2-4,10H,5-6H2,1H3,(H,16,17)(H,18,19). The van der Waals surface area contributed by atoms with Crippen molar-refractivity contribution in [3.8, 4) is 0 Å². The molecule has 1 fully saturated rings. The van der Waals surface area contributed by atoms with Gasteiger partial charge in [0.25, 0.3) is 5.91 Å². The first kappa shape index (κ1) is 15.5. The van der Waals surface area contributed by atoms with Gasteiger partial charge in [0.05, 0.1) is 24.3 Å². The van der Waals surface area contributed by atoms with Crippen LogP contribution in [0, 0.1) is 8.99 Å². The van der Waals surface area contributed by atoms with E-state index in [9.17, 15) is 14.7 Å². The number of ether oxygens (including phenoxy) is 1. The number of hydrogen-bond acceptors (Lipinski definition) is 3. The normalized spacial score (nSPS) is 25.4. The van der Waals surface area contributed by atoms with Gasteiger partial charge in [-0.2, -0.15) is 0 Å². The van der Waals surface area contributed by atoms with Crippen molar-refractivity contribution < 1.29 is 19.4 Å². The molecule has 0 spiro atoms. The van der Waals surface area contributed by atoms with Gasteiger partial charge < -0.3 is 15.2 Å². The van der Waals surface area contributed by atoms with Crippen LogP contribution in [0.1, 0.15) is 17.3 Å². The zero-order valence-corrected chi connectivity index (χ0v) is 13.6. The van der Waals surface area contributed by atoms with Crippen molar-refractivity contribution in [2.45, 2.75) is 13.0 Å². The molecule has 1 aliphatic heterocycles. The van der Waals surface area contributed by atoms with Gasteiger partial charge in [0.15, 0.2) is 0 Å². The first-order valence-electron chi connectivity index (χ1n) is 5.91. The molecule has 0 bridgehead atoms. The average molecular weight is 410 g/mol. The van der Waals surface area contributed by atoms with E-state index >= 15 is 0 Å². The Morgan fingerprint density at radius 3 is 2.85 bits per heavy atom. The summed E-state index contributed by atoms with van der Waals surface area (Å²) in [6.45, 7) is 1.83. The quantitative estimate of drug-likeness (QED) is 0.750. The largest absolute Gasteiger partial charge is 0.481 e. The molecule has 2 atom stereocenters. The summed E-state index contributed by atoms with van der Waals surface area (Å²) in [6, 6.07) is 4.38. The van der Waals surface area contributed by atoms with Gasteiger partial charge in [-0.3, -0.25) is 9.59 Å². The Morgan fingerprint density at radius 1 is 1.55 bits per heavy atom. The minimum Gasteiger partial charge on any atom is -0.481 e. The van der Waals surface area contributed by atoms with E-state index in [1.54, 1.807) is 25.1 Å². The number of carbonyl (C=O) groups excluding carboxylic acids is 1. The zero-order valence-electron chi connectivity index (χ0n) is 10.7. The lowest BCUT2D eigenvalue weighted by Crippen LogP contribution is -2.49. The number of nitrogens with one attached hydrogen (secondary N) is 1. The Morgan fingerprint density at radius 2 is 2.25 bits per heavy atom. The highest BCUT2D eigenvalue weighted by Gasteiger charge is 2.47. The summed E-state index contributed by atoms with van der Waals surface area (Å²) in [5.74, 6) is -1.34. The number of carbonyl (C=O) groups is 2. The second-order valence-corrected chi connectivity index (χ2v) is 6.46. The fourth-order valence-electron chi connectivity index (χ4n) is 1.96. The minimum atomic E-state index is -1.11. The van der Waals surface area contributed by atoms with E-state index < -0.39 is 17.4 Å². The van der Waals surface area contributed by atoms with Gasteiger partial charge in [-0.1, -0.05) is 11.6 Å². The molecular formula is C13H13ClINO4. The SMILES string of the molecule is CC1(C(=O)O)COCC1NC(=O)c1ccc(I)c(Cl)c1. The Labute approximate surface area is 134 Å². The third-order valence-corrected chi connectivity index (χ3v) is 5.00. The predicted molar refractivity (Wildman–Crippen MR) is 82.0 cm³/mol. The molecule has 0 aromatic heterocycles. The van der Waals surface area contributed by atoms with Crippen molar-refractivity contribution in [2.24, 2.45) is 5.41 Å². The molecule has 0 saturated carbocycles. The van der Waals surface area contributed by atoms with E-state index in [0.29, 0.717) is 10.6 Å². The predicted octanol–water partition coefficient (Wildman–Crippen LogP) is 2.16. The summed E-state index contributed by atoms with van der Waals surface area (Å²) in [4.78, 5) is 23.5. The van der Waals surface area contributed by atoms with Crippen LogP contribution in [0.4, 0.5) is 0 Å². The number of carboxylic acid groups (broad SMARTS) is 1. The van der Waals surface area contributed by atoms with Gasteiger partial charge in [-0.25, -0.2) is 0 Å². The molecule has 0 radical (unpaired) electrons. The first-order valence-corrected chi connectivity index (χ1v) is 7.37. The van der Waals surface area contributed by atoms with Gasteiger partial charge >= 0.3 is 5.97 Å². The zero-order chi connectivity index (χ0) is 14.9. The molecule has 1 aromatic carbocycles. The molecule has 0 aliphatic carbocycles. The molecule has 2 rings (SSSR count). The van der Waals surface area contributed by atoms with Crippen LogP contribution in [-0.4, -0.2) is 36.2 Å². The number of rotatable bonds is 3. The summed E-state index contributed by atoms with van der Waals surface area (Å²) < 4.78 is 6.04. The van der Waals surface area contributed by atoms with Gasteiger partial charge in [0, 0.05) is 9.13 Å². The molecule has 1 aliphatic rings. The Kier molecular flexibility index (Phi) is 4.55. The molecule has 1 saturated heterocycles. The third-order valence-electron chi connectivity index (χ3n) is 3.43. The van der Waals surface area contributed by atoms with E-state index in [4.69, 9.17) is 16.3 Å². The van der Waals surface area contributed by atoms with Crippen LogP contribution < -0.4 is 5.32 Å². The highest BCUT2D eigenvalue weighted by Crippen LogP contribution is 2.29. The molecule has 2 unspecified atom stereocenters. The maximum Gasteiger partial charge on any atom is 0.313 e. The molecule has 108 valence electrons. The molecule has 20 heavy (non-hydrogen) atoms. The van der Waals surface area contributed by atoms with Gasteiger partial charge in [0.1, 0.15) is 5.41 Å². The second-order valence-electron chi connectivity index (χ2n) is 4.89. The second kappa shape index (κ2) is 5.87. The Bertz CT molecular complexity index is 565. The maximum atomic E-state index is 12.2. The molecule has 1 heterocycles. The highest BCUT2D eigenvalue weighted by molar-refractivity contribution is 14.1. The number of aliphatic carboxylic acids is 1. The monoisotopic (exact) mass is 409 g/mol. The molecule has 1 aromatic rings. The van der Waals surface area contributed by atoms with Crippen LogP contribution >= 0.6 is 34.2 Å². The maximum absolute atomic E-state index is 12.2. The van der Waals surface area contributed by atoms with Crippen LogP contribution in [0.25, 0.3) is 0 Å². The molecule has 1 amide bonds. The topological polar surface area (TPSA) is 75.6 Å². The molecule has 2 N–H and O–H groups in total. The fraction of sp³-hybridized carbons (Fsp3) is 0.385. The number of benzene rings is 1. The highest BCUT2D eigenvalue weighted by atomic mass is 127. The smallest absolute Gasteiger partial charge is 0.313 e. The summed E-state index contributed by atoms with van der Waals surface area (Å²) in [6.07, 6.45) is 0. The van der Waals surface area contributed by atoms with Crippen LogP contribution in [0.2, 0.25) is 5.02 Å². The fourth-order valence-corrected chi connectivity index (χ4v) is 2.48. The van der Waals surface area contributed by atoms with Crippen molar-refractivity contribution in [1.82, 2.24) is 5.32 Å². The average Bonchev–Trinajstić information content (AvgIpc) is 2.75. The summed E-state index contributed by atoms with van der Waals surface area (Å²) >= 11 is 8.04. The van der Waals surface area contributed by atoms with Crippen molar-refractivity contribution in [1.29, 1.82) is 0 Å². The molecular weight excluding hydrogens is 397 g/mol. The summed E-state index contributed by atoms with van der Waals surface area (Å²) in [5, 5.41) is 12.4. The van der Waals surface area contributed by atoms with E-state index in [-0.39, 0.29) is 19.1 Å². The molecule has 7 heteroatoms. The van der Waals surface area contributed by atoms with Crippen LogP contribution in [0.3, 0.4) is 0 Å². The minimum absolute atomic E-state index is 0.0841. The number of hydrogen-bond donors (Lipinski definition) is 2. The van der Waals surface area contributed by atoms with E-state index in [1.165, 1.54) is 0 Å². The Balaban J connectivity index is 2.15. The number of amides is 1. The lowest BCUT2D eigenvalue weighted by molar-refractivity contribution is -0.148.